The molecule has 0 spiro atoms. The van der Waals surface area contributed by atoms with Gasteiger partial charge in [0.05, 0.1) is 18.7 Å². The molecular formula is C24H19FN2O4. The van der Waals surface area contributed by atoms with Crippen molar-refractivity contribution in [1.29, 1.82) is 0 Å². The van der Waals surface area contributed by atoms with E-state index in [1.807, 2.05) is 0 Å². The van der Waals surface area contributed by atoms with Gasteiger partial charge in [-0.25, -0.2) is 4.39 Å². The fourth-order valence-corrected chi connectivity index (χ4v) is 3.65. The first-order chi connectivity index (χ1) is 15.0. The molecule has 31 heavy (non-hydrogen) atoms. The second-order valence-electron chi connectivity index (χ2n) is 7.07. The summed E-state index contributed by atoms with van der Waals surface area (Å²) in [5, 5.41) is 11.0. The maximum Gasteiger partial charge on any atom is 0.295 e. The van der Waals surface area contributed by atoms with Crippen LogP contribution in [0, 0.1) is 5.82 Å². The van der Waals surface area contributed by atoms with Crippen LogP contribution < -0.4 is 4.74 Å². The molecule has 0 bridgehead atoms. The summed E-state index contributed by atoms with van der Waals surface area (Å²) in [6.45, 7) is 0.125. The van der Waals surface area contributed by atoms with Gasteiger partial charge in [-0.2, -0.15) is 0 Å². The number of hydrogen-bond acceptors (Lipinski definition) is 5. The number of rotatable bonds is 5. The van der Waals surface area contributed by atoms with Gasteiger partial charge in [0.2, 0.25) is 0 Å². The number of benzene rings is 2. The van der Waals surface area contributed by atoms with Crippen LogP contribution in [0.25, 0.3) is 5.76 Å². The Morgan fingerprint density at radius 1 is 1.13 bits per heavy atom. The van der Waals surface area contributed by atoms with Crippen LogP contribution in [-0.4, -0.2) is 33.8 Å². The SMILES string of the molecule is COc1cccc([C@@H]2C(=C(O)c3ccc(F)cc3)C(=O)C(=O)N2Cc2cccnc2)c1. The molecule has 1 aliphatic heterocycles. The highest BCUT2D eigenvalue weighted by atomic mass is 19.1. The molecule has 4 rings (SSSR count). The number of carbonyl (C=O) groups excluding carboxylic acids is 2. The number of ether oxygens (including phenoxy) is 1. The van der Waals surface area contributed by atoms with Crippen LogP contribution in [-0.2, 0) is 16.1 Å². The Bertz CT molecular complexity index is 1160. The van der Waals surface area contributed by atoms with Crippen LogP contribution in [0.5, 0.6) is 5.75 Å². The number of halogens is 1. The number of likely N-dealkylation sites (tertiary alicyclic amines) is 1. The van der Waals surface area contributed by atoms with Crippen molar-refractivity contribution in [2.45, 2.75) is 12.6 Å². The first-order valence-corrected chi connectivity index (χ1v) is 9.57. The minimum atomic E-state index is -0.847. The Kier molecular flexibility index (Phi) is 5.49. The summed E-state index contributed by atoms with van der Waals surface area (Å²) in [6.07, 6.45) is 3.23. The third kappa shape index (κ3) is 3.90. The van der Waals surface area contributed by atoms with Crippen LogP contribution in [0.3, 0.4) is 0 Å². The van der Waals surface area contributed by atoms with Crippen molar-refractivity contribution in [2.75, 3.05) is 7.11 Å². The van der Waals surface area contributed by atoms with E-state index in [2.05, 4.69) is 4.98 Å². The minimum absolute atomic E-state index is 0.0613. The van der Waals surface area contributed by atoms with E-state index in [1.54, 1.807) is 48.8 Å². The highest BCUT2D eigenvalue weighted by Gasteiger charge is 2.46. The van der Waals surface area contributed by atoms with Gasteiger partial charge in [0.1, 0.15) is 17.3 Å². The molecule has 0 saturated carbocycles. The van der Waals surface area contributed by atoms with Crippen LogP contribution in [0.1, 0.15) is 22.7 Å². The third-order valence-electron chi connectivity index (χ3n) is 5.14. The number of amides is 1. The molecule has 3 aromatic rings. The fraction of sp³-hybridized carbons (Fsp3) is 0.125. The Morgan fingerprint density at radius 2 is 1.90 bits per heavy atom. The summed E-state index contributed by atoms with van der Waals surface area (Å²) >= 11 is 0. The molecule has 1 aliphatic rings. The molecule has 1 aromatic heterocycles. The summed E-state index contributed by atoms with van der Waals surface area (Å²) in [4.78, 5) is 31.4. The van der Waals surface area contributed by atoms with Gasteiger partial charge in [0, 0.05) is 24.5 Å². The molecule has 1 amide bonds. The lowest BCUT2D eigenvalue weighted by atomic mass is 9.95. The molecular weight excluding hydrogens is 399 g/mol. The number of pyridine rings is 1. The van der Waals surface area contributed by atoms with Gasteiger partial charge in [-0.1, -0.05) is 18.2 Å². The number of Topliss-reactive ketones (excluding diaryl/α,β-unsaturated/α-hetero) is 1. The summed E-state index contributed by atoms with van der Waals surface area (Å²) < 4.78 is 18.6. The number of carbonyl (C=O) groups is 2. The van der Waals surface area contributed by atoms with Gasteiger partial charge in [0.15, 0.2) is 0 Å². The van der Waals surface area contributed by atoms with Crippen LogP contribution in [0.2, 0.25) is 0 Å². The smallest absolute Gasteiger partial charge is 0.295 e. The summed E-state index contributed by atoms with van der Waals surface area (Å²) in [6, 6.07) is 14.7. The molecule has 0 unspecified atom stereocenters. The number of aromatic nitrogens is 1. The zero-order valence-corrected chi connectivity index (χ0v) is 16.7. The summed E-state index contributed by atoms with van der Waals surface area (Å²) in [5.41, 5.74) is 1.52. The van der Waals surface area contributed by atoms with Crippen molar-refractivity contribution in [3.8, 4) is 5.75 Å². The minimum Gasteiger partial charge on any atom is -0.507 e. The molecule has 0 aliphatic carbocycles. The van der Waals surface area contributed by atoms with E-state index >= 15 is 0 Å². The second kappa shape index (κ2) is 8.39. The van der Waals surface area contributed by atoms with Crippen LogP contribution in [0.4, 0.5) is 4.39 Å². The predicted octanol–water partition coefficient (Wildman–Crippen LogP) is 3.85. The van der Waals surface area contributed by atoms with E-state index in [9.17, 15) is 19.1 Å². The Labute approximate surface area is 178 Å². The number of ketones is 1. The number of nitrogens with zero attached hydrogens (tertiary/aromatic N) is 2. The Morgan fingerprint density at radius 3 is 2.58 bits per heavy atom. The monoisotopic (exact) mass is 418 g/mol. The average Bonchev–Trinajstić information content (AvgIpc) is 3.05. The maximum absolute atomic E-state index is 13.3. The van der Waals surface area contributed by atoms with Gasteiger partial charge in [0.25, 0.3) is 11.7 Å². The summed E-state index contributed by atoms with van der Waals surface area (Å²) in [5.74, 6) is -1.83. The largest absolute Gasteiger partial charge is 0.507 e. The molecule has 6 nitrogen and oxygen atoms in total. The van der Waals surface area contributed by atoms with Crippen molar-refractivity contribution < 1.29 is 23.8 Å². The maximum atomic E-state index is 13.3. The molecule has 7 heteroatoms. The van der Waals surface area contributed by atoms with Crippen LogP contribution >= 0.6 is 0 Å². The number of aliphatic hydroxyl groups excluding tert-OH is 1. The summed E-state index contributed by atoms with van der Waals surface area (Å²) in [7, 11) is 1.52. The standard InChI is InChI=1S/C24H19FN2O4/c1-31-19-6-2-5-17(12-19)21-20(22(28)16-7-9-18(25)10-8-16)23(29)24(30)27(21)14-15-4-3-11-26-13-15/h2-13,21,28H,14H2,1H3/t21-/m1/s1. The first kappa shape index (κ1) is 20.3. The van der Waals surface area contributed by atoms with Gasteiger partial charge in [-0.3, -0.25) is 14.6 Å². The zero-order chi connectivity index (χ0) is 22.0. The van der Waals surface area contributed by atoms with E-state index in [-0.39, 0.29) is 23.4 Å². The Balaban J connectivity index is 1.87. The molecule has 0 radical (unpaired) electrons. The lowest BCUT2D eigenvalue weighted by Gasteiger charge is -2.25. The molecule has 2 aromatic carbocycles. The van der Waals surface area contributed by atoms with E-state index in [0.717, 1.165) is 5.56 Å². The molecule has 156 valence electrons. The molecule has 1 saturated heterocycles. The lowest BCUT2D eigenvalue weighted by molar-refractivity contribution is -0.140. The molecule has 1 N–H and O–H groups in total. The first-order valence-electron chi connectivity index (χ1n) is 9.57. The van der Waals surface area contributed by atoms with E-state index in [1.165, 1.54) is 36.3 Å². The lowest BCUT2D eigenvalue weighted by Crippen LogP contribution is -2.29. The topological polar surface area (TPSA) is 79.7 Å². The van der Waals surface area contributed by atoms with Gasteiger partial charge >= 0.3 is 0 Å². The van der Waals surface area contributed by atoms with E-state index < -0.39 is 23.5 Å². The number of methoxy groups -OCH3 is 1. The highest BCUT2D eigenvalue weighted by Crippen LogP contribution is 2.41. The Hall–Kier alpha value is -4.00. The van der Waals surface area contributed by atoms with Crippen molar-refractivity contribution in [3.05, 3.63) is 101 Å². The molecule has 1 fully saturated rings. The number of hydrogen-bond donors (Lipinski definition) is 1. The van der Waals surface area contributed by atoms with Gasteiger partial charge in [-0.15, -0.1) is 0 Å². The number of aliphatic hydroxyl groups is 1. The van der Waals surface area contributed by atoms with E-state index in [0.29, 0.717) is 11.3 Å². The van der Waals surface area contributed by atoms with Crippen LogP contribution in [0.15, 0.2) is 78.6 Å². The predicted molar refractivity (Wildman–Crippen MR) is 111 cm³/mol. The van der Waals surface area contributed by atoms with Gasteiger partial charge in [-0.05, 0) is 53.6 Å². The normalized spacial score (nSPS) is 17.7. The van der Waals surface area contributed by atoms with Gasteiger partial charge < -0.3 is 14.7 Å². The highest BCUT2D eigenvalue weighted by molar-refractivity contribution is 6.46. The van der Waals surface area contributed by atoms with E-state index in [4.69, 9.17) is 4.74 Å². The van der Waals surface area contributed by atoms with Crippen molar-refractivity contribution in [1.82, 2.24) is 9.88 Å². The quantitative estimate of drug-likeness (QED) is 0.387. The molecule has 1 atom stereocenters. The van der Waals surface area contributed by atoms with Crippen molar-refractivity contribution >= 4 is 17.4 Å². The van der Waals surface area contributed by atoms with Crippen molar-refractivity contribution in [2.24, 2.45) is 0 Å². The van der Waals surface area contributed by atoms with Crippen molar-refractivity contribution in [3.63, 3.8) is 0 Å². The third-order valence-corrected chi connectivity index (χ3v) is 5.14. The zero-order valence-electron chi connectivity index (χ0n) is 16.7. The second-order valence-corrected chi connectivity index (χ2v) is 7.07. The average molecular weight is 418 g/mol. The molecule has 2 heterocycles. The fourth-order valence-electron chi connectivity index (χ4n) is 3.65.